The van der Waals surface area contributed by atoms with Crippen LogP contribution in [-0.4, -0.2) is 28.0 Å². The van der Waals surface area contributed by atoms with Gasteiger partial charge < -0.3 is 10.6 Å². The molecule has 14 heavy (non-hydrogen) atoms. The minimum atomic E-state index is 0.300. The lowest BCUT2D eigenvalue weighted by Crippen LogP contribution is -2.34. The van der Waals surface area contributed by atoms with E-state index in [9.17, 15) is 0 Å². The van der Waals surface area contributed by atoms with Gasteiger partial charge in [-0.15, -0.1) is 0 Å². The van der Waals surface area contributed by atoms with Crippen molar-refractivity contribution in [3.63, 3.8) is 0 Å². The predicted molar refractivity (Wildman–Crippen MR) is 54.9 cm³/mol. The van der Waals surface area contributed by atoms with E-state index in [0.29, 0.717) is 11.9 Å². The number of nitrogen functional groups attached to an aromatic ring is 1. The zero-order valence-corrected chi connectivity index (χ0v) is 8.35. The van der Waals surface area contributed by atoms with E-state index in [1.54, 1.807) is 0 Å². The van der Waals surface area contributed by atoms with Crippen LogP contribution < -0.4 is 10.6 Å². The number of hydrogen-bond donors (Lipinski definition) is 1. The maximum absolute atomic E-state index is 5.50. The molecule has 1 fully saturated rings. The molecule has 1 saturated heterocycles. The molecule has 0 bridgehead atoms. The first-order valence-corrected chi connectivity index (χ1v) is 4.95. The molecule has 2 heterocycles. The molecule has 1 aliphatic heterocycles. The van der Waals surface area contributed by atoms with E-state index >= 15 is 0 Å². The van der Waals surface area contributed by atoms with Crippen molar-refractivity contribution in [3.8, 4) is 0 Å². The van der Waals surface area contributed by atoms with Gasteiger partial charge in [0.05, 0.1) is 0 Å². The Hall–Kier alpha value is -1.39. The molecule has 1 aromatic heterocycles. The Balaban J connectivity index is 2.08. The summed E-state index contributed by atoms with van der Waals surface area (Å²) in [7, 11) is 0. The van der Waals surface area contributed by atoms with Gasteiger partial charge in [-0.3, -0.25) is 0 Å². The number of nitrogens with two attached hydrogens (primary N) is 1. The van der Waals surface area contributed by atoms with Crippen molar-refractivity contribution in [1.29, 1.82) is 0 Å². The van der Waals surface area contributed by atoms with E-state index in [1.165, 1.54) is 19.2 Å². The molecule has 0 atom stereocenters. The third kappa shape index (κ3) is 1.92. The fraction of sp³-hybridized carbons (Fsp3) is 0.667. The number of piperidine rings is 1. The fourth-order valence-electron chi connectivity index (χ4n) is 1.66. The Kier molecular flexibility index (Phi) is 2.47. The van der Waals surface area contributed by atoms with E-state index in [1.807, 2.05) is 0 Å². The summed E-state index contributed by atoms with van der Waals surface area (Å²) in [5.74, 6) is 1.82. The highest BCUT2D eigenvalue weighted by atomic mass is 15.3. The van der Waals surface area contributed by atoms with Crippen LogP contribution >= 0.6 is 0 Å². The zero-order valence-electron chi connectivity index (χ0n) is 8.35. The highest BCUT2D eigenvalue weighted by molar-refractivity contribution is 5.33. The Bertz CT molecular complexity index is 306. The van der Waals surface area contributed by atoms with Crippen molar-refractivity contribution < 1.29 is 0 Å². The maximum Gasteiger partial charge on any atom is 0.230 e. The third-order valence-electron chi connectivity index (χ3n) is 2.64. The largest absolute Gasteiger partial charge is 0.368 e. The molecule has 0 unspecified atom stereocenters. The molecule has 5 nitrogen and oxygen atoms in total. The molecular weight excluding hydrogens is 178 g/mol. The first-order chi connectivity index (χ1) is 6.75. The smallest absolute Gasteiger partial charge is 0.230 e. The van der Waals surface area contributed by atoms with Gasteiger partial charge in [-0.05, 0) is 18.8 Å². The first kappa shape index (κ1) is 9.18. The number of anilines is 2. The van der Waals surface area contributed by atoms with Crippen LogP contribution in [0.2, 0.25) is 0 Å². The van der Waals surface area contributed by atoms with Gasteiger partial charge in [0.25, 0.3) is 0 Å². The minimum Gasteiger partial charge on any atom is -0.368 e. The molecule has 5 heteroatoms. The van der Waals surface area contributed by atoms with Crippen LogP contribution in [0.25, 0.3) is 0 Å². The quantitative estimate of drug-likeness (QED) is 0.710. The van der Waals surface area contributed by atoms with Crippen molar-refractivity contribution in [1.82, 2.24) is 15.0 Å². The average Bonchev–Trinajstić information content (AvgIpc) is 2.19. The van der Waals surface area contributed by atoms with E-state index in [2.05, 4.69) is 26.8 Å². The van der Waals surface area contributed by atoms with Gasteiger partial charge in [0.15, 0.2) is 0 Å². The van der Waals surface area contributed by atoms with Gasteiger partial charge in [-0.1, -0.05) is 6.92 Å². The van der Waals surface area contributed by atoms with Crippen molar-refractivity contribution in [2.24, 2.45) is 5.92 Å². The standard InChI is InChI=1S/C9H15N5/c1-7-2-4-14(5-3-7)9-12-6-11-8(10)13-9/h6-7H,2-5H2,1H3,(H2,10,11,12,13). The molecule has 1 aromatic rings. The van der Waals surface area contributed by atoms with Crippen LogP contribution in [-0.2, 0) is 0 Å². The second-order valence-corrected chi connectivity index (χ2v) is 3.81. The summed E-state index contributed by atoms with van der Waals surface area (Å²) in [5.41, 5.74) is 5.50. The highest BCUT2D eigenvalue weighted by Gasteiger charge is 2.17. The van der Waals surface area contributed by atoms with Gasteiger partial charge in [0.2, 0.25) is 11.9 Å². The lowest BCUT2D eigenvalue weighted by Gasteiger charge is -2.29. The van der Waals surface area contributed by atoms with E-state index in [4.69, 9.17) is 5.73 Å². The lowest BCUT2D eigenvalue weighted by molar-refractivity contribution is 0.434. The first-order valence-electron chi connectivity index (χ1n) is 4.95. The number of aromatic nitrogens is 3. The molecule has 0 amide bonds. The van der Waals surface area contributed by atoms with Crippen molar-refractivity contribution >= 4 is 11.9 Å². The topological polar surface area (TPSA) is 67.9 Å². The van der Waals surface area contributed by atoms with Gasteiger partial charge in [0, 0.05) is 13.1 Å². The Labute approximate surface area is 83.4 Å². The van der Waals surface area contributed by atoms with E-state index in [-0.39, 0.29) is 0 Å². The molecule has 76 valence electrons. The Morgan fingerprint density at radius 2 is 2.07 bits per heavy atom. The molecule has 0 saturated carbocycles. The van der Waals surface area contributed by atoms with E-state index < -0.39 is 0 Å². The fourth-order valence-corrected chi connectivity index (χ4v) is 1.66. The Morgan fingerprint density at radius 1 is 1.36 bits per heavy atom. The van der Waals surface area contributed by atoms with Gasteiger partial charge in [0.1, 0.15) is 6.33 Å². The van der Waals surface area contributed by atoms with Crippen LogP contribution in [0.4, 0.5) is 11.9 Å². The van der Waals surface area contributed by atoms with E-state index in [0.717, 1.165) is 19.0 Å². The van der Waals surface area contributed by atoms with Gasteiger partial charge in [-0.25, -0.2) is 9.97 Å². The number of rotatable bonds is 1. The van der Waals surface area contributed by atoms with Crippen LogP contribution in [0.5, 0.6) is 0 Å². The summed E-state index contributed by atoms with van der Waals surface area (Å²) in [5, 5.41) is 0. The molecule has 2 rings (SSSR count). The number of nitrogens with zero attached hydrogens (tertiary/aromatic N) is 4. The molecule has 2 N–H and O–H groups in total. The number of hydrogen-bond acceptors (Lipinski definition) is 5. The monoisotopic (exact) mass is 193 g/mol. The second kappa shape index (κ2) is 3.77. The van der Waals surface area contributed by atoms with Crippen LogP contribution in [0.1, 0.15) is 19.8 Å². The van der Waals surface area contributed by atoms with Crippen molar-refractivity contribution in [2.75, 3.05) is 23.7 Å². The maximum atomic E-state index is 5.50. The third-order valence-corrected chi connectivity index (χ3v) is 2.64. The zero-order chi connectivity index (χ0) is 9.97. The summed E-state index contributed by atoms with van der Waals surface area (Å²) in [6, 6.07) is 0. The van der Waals surface area contributed by atoms with Crippen LogP contribution in [0.3, 0.4) is 0 Å². The molecule has 0 aliphatic carbocycles. The van der Waals surface area contributed by atoms with Gasteiger partial charge >= 0.3 is 0 Å². The lowest BCUT2D eigenvalue weighted by atomic mass is 10.00. The molecular formula is C9H15N5. The predicted octanol–water partition coefficient (Wildman–Crippen LogP) is 0.690. The summed E-state index contributed by atoms with van der Waals surface area (Å²) >= 11 is 0. The highest BCUT2D eigenvalue weighted by Crippen LogP contribution is 2.19. The summed E-state index contributed by atoms with van der Waals surface area (Å²) in [4.78, 5) is 14.2. The summed E-state index contributed by atoms with van der Waals surface area (Å²) in [6.07, 6.45) is 3.87. The summed E-state index contributed by atoms with van der Waals surface area (Å²) in [6.45, 7) is 4.31. The molecule has 0 spiro atoms. The normalized spacial score (nSPS) is 18.5. The summed E-state index contributed by atoms with van der Waals surface area (Å²) < 4.78 is 0. The molecule has 0 aromatic carbocycles. The van der Waals surface area contributed by atoms with Crippen LogP contribution in [0, 0.1) is 5.92 Å². The van der Waals surface area contributed by atoms with Gasteiger partial charge in [-0.2, -0.15) is 4.98 Å². The molecule has 1 aliphatic rings. The van der Waals surface area contributed by atoms with Crippen LogP contribution in [0.15, 0.2) is 6.33 Å². The molecule has 0 radical (unpaired) electrons. The SMILES string of the molecule is CC1CCN(c2ncnc(N)n2)CC1. The average molecular weight is 193 g/mol. The minimum absolute atomic E-state index is 0.300. The van der Waals surface area contributed by atoms with Crippen molar-refractivity contribution in [3.05, 3.63) is 6.33 Å². The second-order valence-electron chi connectivity index (χ2n) is 3.81. The van der Waals surface area contributed by atoms with Crippen molar-refractivity contribution in [2.45, 2.75) is 19.8 Å². The Morgan fingerprint density at radius 3 is 2.71 bits per heavy atom.